The van der Waals surface area contributed by atoms with Gasteiger partial charge in [0.1, 0.15) is 12.4 Å². The fraction of sp³-hybridized carbons (Fsp3) is 0.300. The number of para-hydroxylation sites is 1. The predicted octanol–water partition coefficient (Wildman–Crippen LogP) is 1.22. The maximum Gasteiger partial charge on any atom is 0.238 e. The number of carbonyl (C=O) groups is 2. The van der Waals surface area contributed by atoms with Crippen molar-refractivity contribution in [1.82, 2.24) is 4.90 Å². The molecule has 0 aromatic heterocycles. The van der Waals surface area contributed by atoms with Gasteiger partial charge in [-0.3, -0.25) is 9.59 Å². The topological polar surface area (TPSA) is 110 Å². The molecule has 2 aromatic carbocycles. The fourth-order valence-electron chi connectivity index (χ4n) is 3.19. The Bertz CT molecular complexity index is 994. The average molecular weight is 417 g/mol. The van der Waals surface area contributed by atoms with Gasteiger partial charge < -0.3 is 14.5 Å². The van der Waals surface area contributed by atoms with E-state index in [1.165, 1.54) is 23.1 Å². The van der Waals surface area contributed by atoms with Gasteiger partial charge in [0.25, 0.3) is 0 Å². The van der Waals surface area contributed by atoms with Crippen LogP contribution in [0.3, 0.4) is 0 Å². The maximum atomic E-state index is 12.7. The number of nitrogens with zero attached hydrogens (tertiary/aromatic N) is 2. The van der Waals surface area contributed by atoms with E-state index in [0.717, 1.165) is 5.75 Å². The van der Waals surface area contributed by atoms with Crippen LogP contribution in [-0.2, 0) is 19.6 Å². The lowest BCUT2D eigenvalue weighted by molar-refractivity contribution is -0.134. The molecule has 2 N–H and O–H groups in total. The third-order valence-electron chi connectivity index (χ3n) is 4.75. The molecule has 0 radical (unpaired) electrons. The Labute approximate surface area is 169 Å². The quantitative estimate of drug-likeness (QED) is 0.728. The summed E-state index contributed by atoms with van der Waals surface area (Å²) in [5.74, 6) is -0.156. The molecule has 2 aromatic rings. The minimum absolute atomic E-state index is 0.0717. The van der Waals surface area contributed by atoms with Crippen LogP contribution in [0.5, 0.6) is 5.75 Å². The second-order valence-corrected chi connectivity index (χ2v) is 8.43. The number of ether oxygens (including phenoxy) is 1. The highest BCUT2D eigenvalue weighted by atomic mass is 32.2. The Morgan fingerprint density at radius 1 is 1.21 bits per heavy atom. The molecule has 0 aliphatic carbocycles. The highest BCUT2D eigenvalue weighted by molar-refractivity contribution is 7.89. The van der Waals surface area contributed by atoms with Gasteiger partial charge in [0, 0.05) is 25.7 Å². The second-order valence-electron chi connectivity index (χ2n) is 6.87. The molecule has 1 unspecified atom stereocenters. The Morgan fingerprint density at radius 3 is 2.62 bits per heavy atom. The van der Waals surface area contributed by atoms with E-state index in [4.69, 9.17) is 9.88 Å². The number of nitrogens with two attached hydrogens (primary N) is 1. The molecule has 8 nitrogen and oxygen atoms in total. The molecule has 2 amide bonds. The minimum atomic E-state index is -3.88. The first-order chi connectivity index (χ1) is 13.8. The maximum absolute atomic E-state index is 12.7. The molecule has 9 heteroatoms. The largest absolute Gasteiger partial charge is 0.492 e. The standard InChI is InChI=1S/C20H23N3O5S/c1-22(10-11-28-17-7-3-2-4-8-17)20(25)15-12-19(24)23(14-15)16-6-5-9-18(13-16)29(21,26)27/h2-9,13,15H,10-12,14H2,1H3,(H2,21,26,27). The monoisotopic (exact) mass is 417 g/mol. The van der Waals surface area contributed by atoms with E-state index < -0.39 is 15.9 Å². The average Bonchev–Trinajstić information content (AvgIpc) is 3.09. The summed E-state index contributed by atoms with van der Waals surface area (Å²) < 4.78 is 28.7. The van der Waals surface area contributed by atoms with Gasteiger partial charge in [-0.15, -0.1) is 0 Å². The van der Waals surface area contributed by atoms with Crippen LogP contribution < -0.4 is 14.8 Å². The highest BCUT2D eigenvalue weighted by Crippen LogP contribution is 2.27. The number of anilines is 1. The van der Waals surface area contributed by atoms with Crippen LogP contribution in [0.1, 0.15) is 6.42 Å². The lowest BCUT2D eigenvalue weighted by atomic mass is 10.1. The van der Waals surface area contributed by atoms with Gasteiger partial charge in [0.05, 0.1) is 17.4 Å². The van der Waals surface area contributed by atoms with Crippen LogP contribution in [-0.4, -0.2) is 51.9 Å². The van der Waals surface area contributed by atoms with Gasteiger partial charge in [0.2, 0.25) is 21.8 Å². The van der Waals surface area contributed by atoms with E-state index in [1.54, 1.807) is 18.0 Å². The molecule has 1 atom stereocenters. The van der Waals surface area contributed by atoms with Gasteiger partial charge >= 0.3 is 0 Å². The number of carbonyl (C=O) groups excluding carboxylic acids is 2. The van der Waals surface area contributed by atoms with Crippen LogP contribution in [0.4, 0.5) is 5.69 Å². The van der Waals surface area contributed by atoms with Crippen LogP contribution >= 0.6 is 0 Å². The number of amides is 2. The Kier molecular flexibility index (Phi) is 6.19. The summed E-state index contributed by atoms with van der Waals surface area (Å²) >= 11 is 0. The molecular formula is C20H23N3O5S. The van der Waals surface area contributed by atoms with Crippen molar-refractivity contribution in [2.45, 2.75) is 11.3 Å². The third-order valence-corrected chi connectivity index (χ3v) is 5.66. The molecule has 1 aliphatic heterocycles. The van der Waals surface area contributed by atoms with Crippen LogP contribution in [0.2, 0.25) is 0 Å². The van der Waals surface area contributed by atoms with Gasteiger partial charge in [0.15, 0.2) is 0 Å². The predicted molar refractivity (Wildman–Crippen MR) is 108 cm³/mol. The summed E-state index contributed by atoms with van der Waals surface area (Å²) in [4.78, 5) is 28.0. The molecule has 0 spiro atoms. The number of primary sulfonamides is 1. The van der Waals surface area contributed by atoms with E-state index in [-0.39, 0.29) is 29.7 Å². The fourth-order valence-corrected chi connectivity index (χ4v) is 3.74. The zero-order chi connectivity index (χ0) is 21.0. The molecule has 3 rings (SSSR count). The van der Waals surface area contributed by atoms with Crippen molar-refractivity contribution in [3.8, 4) is 5.75 Å². The van der Waals surface area contributed by atoms with E-state index in [1.807, 2.05) is 30.3 Å². The van der Waals surface area contributed by atoms with Crippen LogP contribution in [0, 0.1) is 5.92 Å². The number of rotatable bonds is 7. The minimum Gasteiger partial charge on any atom is -0.492 e. The summed E-state index contributed by atoms with van der Waals surface area (Å²) in [5.41, 5.74) is 0.409. The second kappa shape index (κ2) is 8.62. The number of hydrogen-bond donors (Lipinski definition) is 1. The number of hydrogen-bond acceptors (Lipinski definition) is 5. The van der Waals surface area contributed by atoms with Crippen LogP contribution in [0.15, 0.2) is 59.5 Å². The van der Waals surface area contributed by atoms with Crippen molar-refractivity contribution >= 4 is 27.5 Å². The first kappa shape index (κ1) is 20.8. The van der Waals surface area contributed by atoms with Gasteiger partial charge in [-0.2, -0.15) is 0 Å². The Hall–Kier alpha value is -2.91. The Morgan fingerprint density at radius 2 is 1.93 bits per heavy atom. The summed E-state index contributed by atoms with van der Waals surface area (Å²) in [6.45, 7) is 0.919. The molecule has 1 heterocycles. The number of sulfonamides is 1. The van der Waals surface area contributed by atoms with Crippen molar-refractivity contribution in [3.63, 3.8) is 0 Å². The van der Waals surface area contributed by atoms with E-state index in [2.05, 4.69) is 0 Å². The van der Waals surface area contributed by atoms with Crippen molar-refractivity contribution in [3.05, 3.63) is 54.6 Å². The van der Waals surface area contributed by atoms with Crippen molar-refractivity contribution < 1.29 is 22.7 Å². The highest BCUT2D eigenvalue weighted by Gasteiger charge is 2.36. The molecule has 29 heavy (non-hydrogen) atoms. The molecule has 1 fully saturated rings. The van der Waals surface area contributed by atoms with Crippen molar-refractivity contribution in [1.29, 1.82) is 0 Å². The third kappa shape index (κ3) is 5.12. The summed E-state index contributed by atoms with van der Waals surface area (Å²) in [6, 6.07) is 15.2. The molecule has 154 valence electrons. The van der Waals surface area contributed by atoms with E-state index in [0.29, 0.717) is 18.8 Å². The van der Waals surface area contributed by atoms with Crippen molar-refractivity contribution in [2.24, 2.45) is 11.1 Å². The SMILES string of the molecule is CN(CCOc1ccccc1)C(=O)C1CC(=O)N(c2cccc(S(N)(=O)=O)c2)C1. The van der Waals surface area contributed by atoms with Gasteiger partial charge in [-0.05, 0) is 30.3 Å². The zero-order valence-corrected chi connectivity index (χ0v) is 16.8. The van der Waals surface area contributed by atoms with Crippen LogP contribution in [0.25, 0.3) is 0 Å². The summed E-state index contributed by atoms with van der Waals surface area (Å²) in [6.07, 6.45) is 0.0717. The molecule has 0 saturated carbocycles. The summed E-state index contributed by atoms with van der Waals surface area (Å²) in [7, 11) is -2.20. The van der Waals surface area contributed by atoms with E-state index >= 15 is 0 Å². The normalized spacial score (nSPS) is 16.7. The molecule has 1 saturated heterocycles. The van der Waals surface area contributed by atoms with Crippen molar-refractivity contribution in [2.75, 3.05) is 31.6 Å². The first-order valence-corrected chi connectivity index (χ1v) is 10.7. The Balaban J connectivity index is 1.60. The van der Waals surface area contributed by atoms with Gasteiger partial charge in [-0.25, -0.2) is 13.6 Å². The zero-order valence-electron chi connectivity index (χ0n) is 16.0. The first-order valence-electron chi connectivity index (χ1n) is 9.12. The number of likely N-dealkylation sites (N-methyl/N-ethyl adjacent to an activating group) is 1. The lowest BCUT2D eigenvalue weighted by Crippen LogP contribution is -2.37. The summed E-state index contributed by atoms with van der Waals surface area (Å²) in [5, 5.41) is 5.16. The molecule has 0 bridgehead atoms. The molecule has 1 aliphatic rings. The van der Waals surface area contributed by atoms with Gasteiger partial charge in [-0.1, -0.05) is 24.3 Å². The smallest absolute Gasteiger partial charge is 0.238 e. The lowest BCUT2D eigenvalue weighted by Gasteiger charge is -2.21. The molecular weight excluding hydrogens is 394 g/mol. The number of benzene rings is 2. The van der Waals surface area contributed by atoms with E-state index in [9.17, 15) is 18.0 Å².